The summed E-state index contributed by atoms with van der Waals surface area (Å²) in [4.78, 5) is 0. The van der Waals surface area contributed by atoms with Crippen molar-refractivity contribution in [1.29, 1.82) is 0 Å². The Kier molecular flexibility index (Phi) is 22.9. The second-order valence-corrected chi connectivity index (χ2v) is 40.8. The maximum Gasteiger partial charge on any atom is 3.00 e. The fourth-order valence-corrected chi connectivity index (χ4v) is 30.6. The van der Waals surface area contributed by atoms with Gasteiger partial charge in [-0.3, -0.25) is 0 Å². The Morgan fingerprint density at radius 3 is 0.942 bits per heavy atom. The van der Waals surface area contributed by atoms with Crippen LogP contribution in [0.2, 0.25) is 91.7 Å². The molecule has 0 aliphatic rings. The molecule has 0 saturated carbocycles. The van der Waals surface area contributed by atoms with Crippen molar-refractivity contribution in [3.05, 3.63) is 135 Å². The van der Waals surface area contributed by atoms with E-state index in [4.69, 9.17) is 9.16 Å². The Hall–Kier alpha value is -0.0710. The fourth-order valence-electron chi connectivity index (χ4n) is 5.55. The van der Waals surface area contributed by atoms with Gasteiger partial charge in [0, 0.05) is 7.05 Å². The summed E-state index contributed by atoms with van der Waals surface area (Å²) in [5.74, 6) is 0. The molecule has 13 heteroatoms. The van der Waals surface area contributed by atoms with Gasteiger partial charge in [0.15, 0.2) is 8.24 Å². The molecule has 0 saturated heterocycles. The second kappa shape index (κ2) is 23.9. The van der Waals surface area contributed by atoms with E-state index < -0.39 is 30.6 Å². The summed E-state index contributed by atoms with van der Waals surface area (Å²) < 4.78 is 20.8. The largest absolute Gasteiger partial charge is 3.00 e. The second-order valence-electron chi connectivity index (χ2n) is 15.4. The van der Waals surface area contributed by atoms with Gasteiger partial charge in [-0.15, -0.1) is 7.04 Å². The molecule has 0 aliphatic heterocycles. The molecule has 4 nitrogen and oxygen atoms in total. The van der Waals surface area contributed by atoms with E-state index in [1.54, 1.807) is 0 Å². The van der Waals surface area contributed by atoms with Crippen LogP contribution >= 0.6 is 14.1 Å². The van der Waals surface area contributed by atoms with Crippen LogP contribution in [-0.2, 0) is 0 Å². The van der Waals surface area contributed by atoms with Crippen LogP contribution in [0.15, 0.2) is 126 Å². The minimum atomic E-state index is -2.32. The zero-order chi connectivity index (χ0) is 38.3. The predicted molar refractivity (Wildman–Crippen MR) is 253 cm³/mol. The molecular weight excluding hydrogens is 905 g/mol. The first kappa shape index (κ1) is 49.9. The average molecular weight is 969 g/mol. The van der Waals surface area contributed by atoms with Crippen LogP contribution in [0.4, 0.5) is 0 Å². The first-order chi connectivity index (χ1) is 23.8. The number of hydrogen-bond donors (Lipinski definition) is 0. The van der Waals surface area contributed by atoms with Gasteiger partial charge in [0.25, 0.3) is 0 Å². The molecular formula is C39H63N4P2Si6Sm. The molecule has 52 heavy (non-hydrogen) atoms. The van der Waals surface area contributed by atoms with Gasteiger partial charge in [0.05, 0.1) is 0 Å². The summed E-state index contributed by atoms with van der Waals surface area (Å²) in [7, 11) is -9.47. The zero-order valence-corrected chi connectivity index (χ0v) is 44.6. The van der Waals surface area contributed by atoms with Gasteiger partial charge in [-0.25, -0.2) is 0 Å². The van der Waals surface area contributed by atoms with Gasteiger partial charge in [-0.05, 0) is 21.2 Å². The quantitative estimate of drug-likeness (QED) is 0.100. The first-order valence-corrected chi connectivity index (χ1v) is 38.1. The Morgan fingerprint density at radius 2 is 0.731 bits per heavy atom. The van der Waals surface area contributed by atoms with Crippen LogP contribution in [0.5, 0.6) is 0 Å². The molecule has 0 atom stereocenters. The third-order valence-corrected chi connectivity index (χ3v) is 28.2. The predicted octanol–water partition coefficient (Wildman–Crippen LogP) is 11.9. The molecule has 0 N–H and O–H groups in total. The number of hydrogen-bond acceptors (Lipinski definition) is 1. The standard InChI is InChI=1S/C31H39N2P2Si2.2C4H12NSi2.Sm/c1-36(2,3)32-34(28-19-11-7-12-20-28,29-21-13-8-14-22-29)27-35(33-37(4,5)6,30-23-15-9-16-24-30)31-25-17-10-18-26-31;2*1-6(2)5-7(3)4;/h7-27H,1-6H3;2*1-4H3;/q3*-1;+3. The van der Waals surface area contributed by atoms with E-state index in [0.29, 0.717) is 0 Å². The molecule has 4 rings (SSSR count). The van der Waals surface area contributed by atoms with Crippen LogP contribution in [0, 0.1) is 40.4 Å². The summed E-state index contributed by atoms with van der Waals surface area (Å²) in [6.07, 6.45) is 0. The molecule has 0 amide bonds. The Bertz CT molecular complexity index is 1550. The molecule has 0 spiro atoms. The van der Waals surface area contributed by atoms with Crippen molar-refractivity contribution in [3.63, 3.8) is 0 Å². The Labute approximate surface area is 361 Å². The van der Waals surface area contributed by atoms with Crippen LogP contribution in [-0.4, -0.2) is 57.8 Å². The van der Waals surface area contributed by atoms with Crippen molar-refractivity contribution in [2.75, 3.05) is 0 Å². The summed E-state index contributed by atoms with van der Waals surface area (Å²) >= 11 is 0. The molecule has 279 valence electrons. The molecule has 0 fully saturated rings. The molecule has 4 aromatic carbocycles. The van der Waals surface area contributed by atoms with Crippen molar-refractivity contribution < 1.29 is 40.4 Å². The molecule has 4 aromatic rings. The molecule has 0 bridgehead atoms. The molecule has 5 radical (unpaired) electrons. The monoisotopic (exact) mass is 969 g/mol. The van der Waals surface area contributed by atoms with E-state index in [9.17, 15) is 0 Å². The van der Waals surface area contributed by atoms with Gasteiger partial charge in [-0.1, -0.05) is 263 Å². The van der Waals surface area contributed by atoms with E-state index in [2.05, 4.69) is 228 Å². The smallest absolute Gasteiger partial charge is 0.673 e. The minimum Gasteiger partial charge on any atom is -0.673 e. The van der Waals surface area contributed by atoms with Crippen molar-refractivity contribution in [2.45, 2.75) is 91.7 Å². The SMILES string of the molecule is C[Si](C)(C)N=P(C=P([N-][Si](C)(C)C)(c1ccccc1)c1ccccc1)(c1ccccc1)c1ccccc1.C[Si](C)[N-][Si](C)C.C[Si](C)[N-][Si](C)C.[Sm+3]. The van der Waals surface area contributed by atoms with E-state index >= 15 is 0 Å². The minimum absolute atomic E-state index is 0. The van der Waals surface area contributed by atoms with Gasteiger partial charge in [0.1, 0.15) is 0 Å². The third-order valence-electron chi connectivity index (χ3n) is 6.74. The number of nitrogens with zero attached hydrogens (tertiary/aromatic N) is 4. The van der Waals surface area contributed by atoms with Crippen molar-refractivity contribution in [3.8, 4) is 0 Å². The maximum absolute atomic E-state index is 5.92. The zero-order valence-electron chi connectivity index (χ0n) is 34.2. The van der Waals surface area contributed by atoms with E-state index in [1.807, 2.05) is 0 Å². The van der Waals surface area contributed by atoms with Crippen molar-refractivity contribution >= 4 is 93.2 Å². The topological polar surface area (TPSA) is 54.7 Å². The van der Waals surface area contributed by atoms with Gasteiger partial charge in [-0.2, -0.15) is 0 Å². The van der Waals surface area contributed by atoms with Crippen molar-refractivity contribution in [1.82, 2.24) is 0 Å². The summed E-state index contributed by atoms with van der Waals surface area (Å²) in [6, 6.07) is 44.1. The van der Waals surface area contributed by atoms with Crippen LogP contribution < -0.4 is 21.2 Å². The summed E-state index contributed by atoms with van der Waals surface area (Å²) in [5, 5.41) is 5.24. The number of benzene rings is 4. The Balaban J connectivity index is 0.000000763. The van der Waals surface area contributed by atoms with Gasteiger partial charge in [0.2, 0.25) is 0 Å². The third kappa shape index (κ3) is 17.8. The van der Waals surface area contributed by atoms with Crippen LogP contribution in [0.1, 0.15) is 0 Å². The summed E-state index contributed by atoms with van der Waals surface area (Å²) in [6.45, 7) is 32.0. The van der Waals surface area contributed by atoms with E-state index in [0.717, 1.165) is 0 Å². The molecule has 0 heterocycles. The fraction of sp³-hybridized carbons (Fsp3) is 0.359. The van der Waals surface area contributed by atoms with Gasteiger partial charge < -0.3 is 18.5 Å². The normalized spacial score (nSPS) is 12.0. The van der Waals surface area contributed by atoms with Crippen LogP contribution in [0.25, 0.3) is 14.0 Å². The number of rotatable bonds is 12. The summed E-state index contributed by atoms with van der Waals surface area (Å²) in [5.41, 5.74) is 2.69. The van der Waals surface area contributed by atoms with E-state index in [-0.39, 0.29) is 76.2 Å². The first-order valence-electron chi connectivity index (χ1n) is 17.8. The maximum atomic E-state index is 5.92. The molecule has 0 aromatic heterocycles. The van der Waals surface area contributed by atoms with Crippen LogP contribution in [0.3, 0.4) is 0 Å². The Morgan fingerprint density at radius 1 is 0.462 bits per heavy atom. The van der Waals surface area contributed by atoms with E-state index in [1.165, 1.54) is 21.2 Å². The average Bonchev–Trinajstić information content (AvgIpc) is 3.04. The van der Waals surface area contributed by atoms with Gasteiger partial charge >= 0.3 is 40.4 Å². The molecule has 0 unspecified atom stereocenters. The molecule has 0 aliphatic carbocycles. The van der Waals surface area contributed by atoms with Crippen molar-refractivity contribution in [2.24, 2.45) is 4.41 Å².